The predicted molar refractivity (Wildman–Crippen MR) is 81.0 cm³/mol. The van der Waals surface area contributed by atoms with Crippen molar-refractivity contribution in [2.75, 3.05) is 18.6 Å². The Morgan fingerprint density at radius 2 is 2.20 bits per heavy atom. The van der Waals surface area contributed by atoms with Gasteiger partial charge in [0.1, 0.15) is 5.75 Å². The Hall–Kier alpha value is -2.01. The summed E-state index contributed by atoms with van der Waals surface area (Å²) in [5.41, 5.74) is 0.983. The maximum atomic E-state index is 11.4. The molecule has 2 rings (SSSR count). The molecule has 0 aliphatic carbocycles. The number of carboxylic acids is 1. The molecule has 20 heavy (non-hydrogen) atoms. The van der Waals surface area contributed by atoms with Gasteiger partial charge >= 0.3 is 5.97 Å². The van der Waals surface area contributed by atoms with Crippen molar-refractivity contribution < 1.29 is 14.6 Å². The zero-order valence-electron chi connectivity index (χ0n) is 11.5. The Morgan fingerprint density at radius 3 is 2.75 bits per heavy atom. The highest BCUT2D eigenvalue weighted by molar-refractivity contribution is 7.09. The number of carboxylic acid groups (broad SMARTS) is 1. The van der Waals surface area contributed by atoms with E-state index in [0.717, 1.165) is 6.54 Å². The van der Waals surface area contributed by atoms with Gasteiger partial charge in [0.15, 0.2) is 0 Å². The molecule has 106 valence electrons. The van der Waals surface area contributed by atoms with Crippen molar-refractivity contribution in [3.8, 4) is 5.75 Å². The summed E-state index contributed by atoms with van der Waals surface area (Å²) >= 11 is 1.67. The Labute approximate surface area is 122 Å². The smallest absolute Gasteiger partial charge is 0.337 e. The van der Waals surface area contributed by atoms with Crippen LogP contribution in [0.2, 0.25) is 0 Å². The van der Waals surface area contributed by atoms with Gasteiger partial charge in [-0.15, -0.1) is 11.3 Å². The molecule has 1 aromatic carbocycles. The molecule has 5 heteroatoms. The van der Waals surface area contributed by atoms with Crippen LogP contribution in [0.4, 0.5) is 5.69 Å². The highest BCUT2D eigenvalue weighted by Crippen LogP contribution is 2.28. The van der Waals surface area contributed by atoms with Gasteiger partial charge in [0, 0.05) is 17.5 Å². The van der Waals surface area contributed by atoms with Gasteiger partial charge in [-0.05, 0) is 30.5 Å². The van der Waals surface area contributed by atoms with E-state index in [9.17, 15) is 9.90 Å². The number of anilines is 1. The van der Waals surface area contributed by atoms with E-state index in [1.165, 1.54) is 4.88 Å². The highest BCUT2D eigenvalue weighted by Gasteiger charge is 2.16. The maximum Gasteiger partial charge on any atom is 0.337 e. The minimum Gasteiger partial charge on any atom is -0.497 e. The second kappa shape index (κ2) is 6.43. The first kappa shape index (κ1) is 14.4. The van der Waals surface area contributed by atoms with Crippen molar-refractivity contribution >= 4 is 23.0 Å². The quantitative estimate of drug-likeness (QED) is 0.885. The molecule has 0 unspecified atom stereocenters. The standard InChI is InChI=1S/C15H17NO3S/c1-3-16(10-12-5-4-8-20-12)14-9-11(19-2)6-7-13(14)15(17)18/h4-9H,3,10H2,1-2H3,(H,17,18). The first-order chi connectivity index (χ1) is 9.65. The normalized spacial score (nSPS) is 10.3. The Kier molecular flexibility index (Phi) is 4.63. The van der Waals surface area contributed by atoms with Crippen LogP contribution in [0, 0.1) is 0 Å². The second-order valence-electron chi connectivity index (χ2n) is 4.28. The van der Waals surface area contributed by atoms with Crippen molar-refractivity contribution in [2.24, 2.45) is 0 Å². The van der Waals surface area contributed by atoms with Crippen LogP contribution < -0.4 is 9.64 Å². The van der Waals surface area contributed by atoms with Crippen LogP contribution >= 0.6 is 11.3 Å². The van der Waals surface area contributed by atoms with Gasteiger partial charge in [0.05, 0.1) is 24.9 Å². The zero-order valence-corrected chi connectivity index (χ0v) is 12.3. The van der Waals surface area contributed by atoms with Crippen LogP contribution in [0.15, 0.2) is 35.7 Å². The van der Waals surface area contributed by atoms with Gasteiger partial charge in [-0.1, -0.05) is 6.07 Å². The number of ether oxygens (including phenoxy) is 1. The molecule has 0 fully saturated rings. The van der Waals surface area contributed by atoms with Crippen LogP contribution in [0.5, 0.6) is 5.75 Å². The maximum absolute atomic E-state index is 11.4. The molecule has 0 saturated heterocycles. The van der Waals surface area contributed by atoms with E-state index >= 15 is 0 Å². The summed E-state index contributed by atoms with van der Waals surface area (Å²) < 4.78 is 5.20. The van der Waals surface area contributed by atoms with Crippen molar-refractivity contribution in [1.82, 2.24) is 0 Å². The molecule has 4 nitrogen and oxygen atoms in total. The summed E-state index contributed by atoms with van der Waals surface area (Å²) in [5.74, 6) is -0.262. The second-order valence-corrected chi connectivity index (χ2v) is 5.31. The fraction of sp³-hybridized carbons (Fsp3) is 0.267. The highest BCUT2D eigenvalue weighted by atomic mass is 32.1. The summed E-state index contributed by atoms with van der Waals surface area (Å²) in [6.45, 7) is 3.44. The Morgan fingerprint density at radius 1 is 1.40 bits per heavy atom. The van der Waals surface area contributed by atoms with E-state index in [1.807, 2.05) is 29.3 Å². The zero-order chi connectivity index (χ0) is 14.5. The number of benzene rings is 1. The fourth-order valence-electron chi connectivity index (χ4n) is 2.04. The lowest BCUT2D eigenvalue weighted by molar-refractivity contribution is 0.0697. The van der Waals surface area contributed by atoms with Crippen molar-refractivity contribution in [3.63, 3.8) is 0 Å². The molecule has 0 radical (unpaired) electrons. The number of hydrogen-bond donors (Lipinski definition) is 1. The molecular formula is C15H17NO3S. The van der Waals surface area contributed by atoms with E-state index in [2.05, 4.69) is 0 Å². The Balaban J connectivity index is 2.38. The first-order valence-corrected chi connectivity index (χ1v) is 7.22. The number of thiophene rings is 1. The number of hydrogen-bond acceptors (Lipinski definition) is 4. The third-order valence-electron chi connectivity index (χ3n) is 3.08. The predicted octanol–water partition coefficient (Wildman–Crippen LogP) is 3.48. The number of nitrogens with zero attached hydrogens (tertiary/aromatic N) is 1. The van der Waals surface area contributed by atoms with Gasteiger partial charge in [0.25, 0.3) is 0 Å². The fourth-order valence-corrected chi connectivity index (χ4v) is 2.76. The SMILES string of the molecule is CCN(Cc1cccs1)c1cc(OC)ccc1C(=O)O. The molecule has 1 heterocycles. The number of carbonyl (C=O) groups is 1. The number of methoxy groups -OCH3 is 1. The van der Waals surface area contributed by atoms with Gasteiger partial charge in [-0.25, -0.2) is 4.79 Å². The van der Waals surface area contributed by atoms with E-state index in [1.54, 1.807) is 36.6 Å². The molecule has 2 aromatic rings. The third kappa shape index (κ3) is 3.11. The molecule has 0 aliphatic heterocycles. The lowest BCUT2D eigenvalue weighted by Crippen LogP contribution is -2.23. The molecular weight excluding hydrogens is 274 g/mol. The van der Waals surface area contributed by atoms with Crippen LogP contribution in [0.3, 0.4) is 0 Å². The lowest BCUT2D eigenvalue weighted by atomic mass is 10.1. The van der Waals surface area contributed by atoms with Crippen LogP contribution in [-0.4, -0.2) is 24.7 Å². The molecule has 0 spiro atoms. The molecule has 1 aromatic heterocycles. The van der Waals surface area contributed by atoms with Gasteiger partial charge in [-0.3, -0.25) is 0 Å². The molecule has 0 saturated carbocycles. The van der Waals surface area contributed by atoms with E-state index in [-0.39, 0.29) is 0 Å². The van der Waals surface area contributed by atoms with Crippen LogP contribution in [0.1, 0.15) is 22.2 Å². The van der Waals surface area contributed by atoms with Gasteiger partial charge < -0.3 is 14.7 Å². The summed E-state index contributed by atoms with van der Waals surface area (Å²) in [4.78, 5) is 14.6. The van der Waals surface area contributed by atoms with Crippen LogP contribution in [0.25, 0.3) is 0 Å². The molecule has 0 amide bonds. The van der Waals surface area contributed by atoms with Crippen molar-refractivity contribution in [3.05, 3.63) is 46.2 Å². The Bertz CT molecular complexity index is 581. The summed E-state index contributed by atoms with van der Waals surface area (Å²) in [5, 5.41) is 11.4. The van der Waals surface area contributed by atoms with E-state index in [0.29, 0.717) is 23.5 Å². The molecule has 0 aliphatic rings. The van der Waals surface area contributed by atoms with Gasteiger partial charge in [0.2, 0.25) is 0 Å². The molecule has 0 atom stereocenters. The summed E-state index contributed by atoms with van der Waals surface area (Å²) in [6, 6.07) is 9.09. The van der Waals surface area contributed by atoms with E-state index < -0.39 is 5.97 Å². The average Bonchev–Trinajstić information content (AvgIpc) is 2.97. The first-order valence-electron chi connectivity index (χ1n) is 6.34. The lowest BCUT2D eigenvalue weighted by Gasteiger charge is -2.24. The minimum absolute atomic E-state index is 0.296. The largest absolute Gasteiger partial charge is 0.497 e. The minimum atomic E-state index is -0.924. The third-order valence-corrected chi connectivity index (χ3v) is 3.95. The van der Waals surface area contributed by atoms with E-state index in [4.69, 9.17) is 4.74 Å². The van der Waals surface area contributed by atoms with Crippen LogP contribution in [-0.2, 0) is 6.54 Å². The van der Waals surface area contributed by atoms with Gasteiger partial charge in [-0.2, -0.15) is 0 Å². The average molecular weight is 291 g/mol. The topological polar surface area (TPSA) is 49.8 Å². The number of rotatable bonds is 6. The number of aromatic carboxylic acids is 1. The van der Waals surface area contributed by atoms with Crippen molar-refractivity contribution in [1.29, 1.82) is 0 Å². The van der Waals surface area contributed by atoms with Crippen molar-refractivity contribution in [2.45, 2.75) is 13.5 Å². The monoisotopic (exact) mass is 291 g/mol. The molecule has 0 bridgehead atoms. The molecule has 1 N–H and O–H groups in total. The summed E-state index contributed by atoms with van der Waals surface area (Å²) in [6.07, 6.45) is 0. The summed E-state index contributed by atoms with van der Waals surface area (Å²) in [7, 11) is 1.58.